The lowest BCUT2D eigenvalue weighted by Crippen LogP contribution is -2.56. The molecule has 1 unspecified atom stereocenters. The third-order valence-corrected chi connectivity index (χ3v) is 5.53. The van der Waals surface area contributed by atoms with Gasteiger partial charge in [-0.1, -0.05) is 0 Å². The van der Waals surface area contributed by atoms with E-state index in [1.807, 2.05) is 0 Å². The Balaban J connectivity index is 1.36. The molecule has 5 heterocycles. The highest BCUT2D eigenvalue weighted by atomic mass is 19.4. The molecule has 1 atom stereocenters. The lowest BCUT2D eigenvalue weighted by atomic mass is 10.2. The first-order valence-corrected chi connectivity index (χ1v) is 10.7. The summed E-state index contributed by atoms with van der Waals surface area (Å²) < 4.78 is 85.1. The van der Waals surface area contributed by atoms with Gasteiger partial charge in [0.2, 0.25) is 6.17 Å². The van der Waals surface area contributed by atoms with E-state index in [1.165, 1.54) is 12.3 Å². The highest BCUT2D eigenvalue weighted by molar-refractivity contribution is 5.96. The number of hydrogen-bond acceptors (Lipinski definition) is 7. The Morgan fingerprint density at radius 2 is 1.83 bits per heavy atom. The van der Waals surface area contributed by atoms with Gasteiger partial charge in [-0.25, -0.2) is 10.3 Å². The Labute approximate surface area is 199 Å². The van der Waals surface area contributed by atoms with Crippen LogP contribution in [0.2, 0.25) is 0 Å². The Morgan fingerprint density at radius 3 is 2.50 bits per heavy atom. The average molecular weight is 514 g/mol. The van der Waals surface area contributed by atoms with Crippen LogP contribution in [0.4, 0.5) is 26.3 Å². The van der Waals surface area contributed by atoms with Gasteiger partial charge in [-0.3, -0.25) is 4.98 Å². The predicted octanol–water partition coefficient (Wildman–Crippen LogP) is 2.89. The molecule has 0 aromatic carbocycles. The number of halogens is 6. The molecule has 3 aliphatic rings. The first kappa shape index (κ1) is 23.9. The van der Waals surface area contributed by atoms with Crippen LogP contribution in [0.5, 0.6) is 0 Å². The Hall–Kier alpha value is -3.82. The molecular weight excluding hydrogens is 496 g/mol. The van der Waals surface area contributed by atoms with Crippen molar-refractivity contribution in [2.75, 3.05) is 26.3 Å². The SMILES string of the molecule is FC(F)(F)C1=CN=[N+]2C(=NCc3ncc(-c4ccc(C(F)(F)F)nc4)[nH]3)NC(N3CCOCC3)=NC12. The van der Waals surface area contributed by atoms with Crippen LogP contribution in [0, 0.1) is 0 Å². The maximum absolute atomic E-state index is 13.5. The van der Waals surface area contributed by atoms with E-state index in [4.69, 9.17) is 4.74 Å². The summed E-state index contributed by atoms with van der Waals surface area (Å²) in [5.74, 6) is 0.594. The highest BCUT2D eigenvalue weighted by Crippen LogP contribution is 2.34. The molecule has 0 bridgehead atoms. The van der Waals surface area contributed by atoms with Crippen molar-refractivity contribution < 1.29 is 35.8 Å². The number of fused-ring (bicyclic) bond motifs is 1. The molecule has 1 saturated heterocycles. The summed E-state index contributed by atoms with van der Waals surface area (Å²) >= 11 is 0. The lowest BCUT2D eigenvalue weighted by Gasteiger charge is -2.30. The monoisotopic (exact) mass is 514 g/mol. The number of H-pyrrole nitrogens is 1. The zero-order valence-electron chi connectivity index (χ0n) is 18.3. The van der Waals surface area contributed by atoms with Gasteiger partial charge in [0, 0.05) is 24.8 Å². The van der Waals surface area contributed by atoms with Gasteiger partial charge < -0.3 is 14.6 Å². The molecule has 190 valence electrons. The molecule has 2 aromatic rings. The molecule has 0 amide bonds. The number of nitrogens with zero attached hydrogens (tertiary/aromatic N) is 7. The predicted molar refractivity (Wildman–Crippen MR) is 112 cm³/mol. The molecule has 3 aliphatic heterocycles. The first-order chi connectivity index (χ1) is 17.1. The minimum absolute atomic E-state index is 0.0427. The largest absolute Gasteiger partial charge is 0.433 e. The summed E-state index contributed by atoms with van der Waals surface area (Å²) in [7, 11) is 0. The van der Waals surface area contributed by atoms with E-state index in [2.05, 4.69) is 35.4 Å². The molecule has 10 nitrogen and oxygen atoms in total. The quantitative estimate of drug-likeness (QED) is 0.484. The van der Waals surface area contributed by atoms with Crippen LogP contribution in [-0.2, 0) is 17.5 Å². The maximum Gasteiger partial charge on any atom is 0.433 e. The van der Waals surface area contributed by atoms with Crippen molar-refractivity contribution in [2.45, 2.75) is 25.1 Å². The maximum atomic E-state index is 13.5. The molecule has 0 spiro atoms. The molecule has 0 aliphatic carbocycles. The van der Waals surface area contributed by atoms with Gasteiger partial charge in [0.25, 0.3) is 5.96 Å². The normalized spacial score (nSPS) is 21.6. The number of imidazole rings is 1. The number of pyridine rings is 1. The highest BCUT2D eigenvalue weighted by Gasteiger charge is 2.49. The van der Waals surface area contributed by atoms with Crippen molar-refractivity contribution in [3.63, 3.8) is 0 Å². The van der Waals surface area contributed by atoms with Crippen LogP contribution >= 0.6 is 0 Å². The van der Waals surface area contributed by atoms with Crippen LogP contribution < -0.4 is 5.32 Å². The minimum atomic E-state index is -4.63. The molecule has 5 rings (SSSR count). The average Bonchev–Trinajstić information content (AvgIpc) is 3.50. The van der Waals surface area contributed by atoms with E-state index in [-0.39, 0.29) is 18.5 Å². The van der Waals surface area contributed by atoms with E-state index in [9.17, 15) is 26.3 Å². The molecule has 16 heteroatoms. The van der Waals surface area contributed by atoms with Gasteiger partial charge in [-0.05, 0) is 12.1 Å². The number of guanidine groups is 2. The lowest BCUT2D eigenvalue weighted by molar-refractivity contribution is -0.509. The standard InChI is InChI=1S/C20H18F6N9O/c21-19(22,23)12-8-30-35-16(12)32-18(34-3-5-36-6-4-34)33-17(35)29-10-15-28-9-13(31-15)11-1-2-14(27-7-11)20(24,25)26/h1-2,7-9,16H,3-6,10H2,(H,28,31)(H,29,32,33)/q+1. The van der Waals surface area contributed by atoms with Gasteiger partial charge in [0.15, 0.2) is 6.54 Å². The Kier molecular flexibility index (Phi) is 5.97. The number of rotatable bonds is 3. The van der Waals surface area contributed by atoms with Crippen molar-refractivity contribution in [3.8, 4) is 11.3 Å². The number of alkyl halides is 6. The molecule has 0 saturated carbocycles. The summed E-state index contributed by atoms with van der Waals surface area (Å²) in [6.45, 7) is 1.62. The van der Waals surface area contributed by atoms with E-state index in [1.54, 1.807) is 4.90 Å². The fourth-order valence-corrected chi connectivity index (χ4v) is 3.71. The Bertz CT molecular complexity index is 1250. The number of aromatic nitrogens is 3. The van der Waals surface area contributed by atoms with Crippen molar-refractivity contribution in [2.24, 2.45) is 15.1 Å². The minimum Gasteiger partial charge on any atom is -0.378 e. The zero-order chi connectivity index (χ0) is 25.5. The Morgan fingerprint density at radius 1 is 1.06 bits per heavy atom. The summed E-state index contributed by atoms with van der Waals surface area (Å²) in [5.41, 5.74) is -1.16. The van der Waals surface area contributed by atoms with E-state index in [0.717, 1.165) is 23.2 Å². The number of morpholine rings is 1. The second kappa shape index (κ2) is 9.00. The van der Waals surface area contributed by atoms with Crippen LogP contribution in [0.3, 0.4) is 0 Å². The third-order valence-electron chi connectivity index (χ3n) is 5.53. The molecule has 2 N–H and O–H groups in total. The number of nitrogens with one attached hydrogen (secondary N) is 2. The van der Waals surface area contributed by atoms with Crippen molar-refractivity contribution >= 4 is 11.9 Å². The summed E-state index contributed by atoms with van der Waals surface area (Å²) in [6.07, 6.45) is -7.41. The number of ether oxygens (including phenoxy) is 1. The topological polar surface area (TPSA) is 106 Å². The molecule has 0 radical (unpaired) electrons. The van der Waals surface area contributed by atoms with Gasteiger partial charge in [-0.15, -0.1) is 14.8 Å². The van der Waals surface area contributed by atoms with Crippen molar-refractivity contribution in [1.82, 2.24) is 25.2 Å². The summed E-state index contributed by atoms with van der Waals surface area (Å²) in [6, 6.07) is 2.11. The molecule has 1 fully saturated rings. The number of azo groups is 2. The van der Waals surface area contributed by atoms with E-state index in [0.29, 0.717) is 43.4 Å². The fraction of sp³-hybridized carbons (Fsp3) is 0.400. The van der Waals surface area contributed by atoms with Crippen LogP contribution in [0.1, 0.15) is 11.5 Å². The van der Waals surface area contributed by atoms with Crippen molar-refractivity contribution in [3.05, 3.63) is 47.8 Å². The molecule has 36 heavy (non-hydrogen) atoms. The number of hydrogen-bond donors (Lipinski definition) is 2. The number of aromatic amines is 1. The van der Waals surface area contributed by atoms with Crippen LogP contribution in [-0.4, -0.2) is 75.1 Å². The van der Waals surface area contributed by atoms with Crippen molar-refractivity contribution in [1.29, 1.82) is 0 Å². The molecule has 2 aromatic heterocycles. The fourth-order valence-electron chi connectivity index (χ4n) is 3.71. The summed E-state index contributed by atoms with van der Waals surface area (Å²) in [4.78, 5) is 20.8. The van der Waals surface area contributed by atoms with E-state index < -0.39 is 29.8 Å². The molecular formula is C20H18F6N9O+. The van der Waals surface area contributed by atoms with Gasteiger partial charge in [0.1, 0.15) is 17.1 Å². The second-order valence-corrected chi connectivity index (χ2v) is 7.91. The van der Waals surface area contributed by atoms with Gasteiger partial charge >= 0.3 is 18.3 Å². The van der Waals surface area contributed by atoms with Crippen LogP contribution in [0.25, 0.3) is 11.3 Å². The van der Waals surface area contributed by atoms with Gasteiger partial charge in [0.05, 0.1) is 31.3 Å². The van der Waals surface area contributed by atoms with E-state index >= 15 is 0 Å². The zero-order valence-corrected chi connectivity index (χ0v) is 18.3. The number of aliphatic imine (C=N–C) groups is 2. The second-order valence-electron chi connectivity index (χ2n) is 7.91. The summed E-state index contributed by atoms with van der Waals surface area (Å²) in [5, 5.41) is 6.78. The van der Waals surface area contributed by atoms with Gasteiger partial charge in [-0.2, -0.15) is 31.3 Å². The first-order valence-electron chi connectivity index (χ1n) is 10.7. The smallest absolute Gasteiger partial charge is 0.378 e. The third kappa shape index (κ3) is 4.80. The van der Waals surface area contributed by atoms with Crippen LogP contribution in [0.15, 0.2) is 51.4 Å².